The first kappa shape index (κ1) is 19.2. The quantitative estimate of drug-likeness (QED) is 0.434. The zero-order valence-corrected chi connectivity index (χ0v) is 13.3. The summed E-state index contributed by atoms with van der Waals surface area (Å²) < 4.78 is 0. The molecule has 0 atom stereocenters. The number of nitrogens with zero attached hydrogens (tertiary/aromatic N) is 4. The summed E-state index contributed by atoms with van der Waals surface area (Å²) in [7, 11) is 0. The third kappa shape index (κ3) is 4.59. The number of phenolic OH excluding ortho intramolecular Hbond substituents is 2. The van der Waals surface area contributed by atoms with Gasteiger partial charge < -0.3 is 15.3 Å². The summed E-state index contributed by atoms with van der Waals surface area (Å²) in [5.74, 6) is -2.49. The number of phenols is 2. The molecular formula is C16H14N4O5. The first-order chi connectivity index (χ1) is 12.0. The topological polar surface area (TPSA) is 157 Å². The van der Waals surface area contributed by atoms with Gasteiger partial charge in [-0.25, -0.2) is 9.78 Å². The highest BCUT2D eigenvalue weighted by atomic mass is 16.4. The second kappa shape index (κ2) is 8.73. The van der Waals surface area contributed by atoms with Gasteiger partial charge in [-0.15, -0.1) is 4.91 Å². The number of aromatic carboxylic acids is 1. The molecule has 0 unspecified atom stereocenters. The van der Waals surface area contributed by atoms with E-state index in [0.29, 0.717) is 0 Å². The Morgan fingerprint density at radius 1 is 1.20 bits per heavy atom. The highest BCUT2D eigenvalue weighted by molar-refractivity contribution is 5.90. The summed E-state index contributed by atoms with van der Waals surface area (Å²) in [5, 5.41) is 39.4. The van der Waals surface area contributed by atoms with Crippen LogP contribution in [-0.2, 0) is 0 Å². The van der Waals surface area contributed by atoms with Crippen molar-refractivity contribution >= 4 is 23.3 Å². The maximum atomic E-state index is 10.7. The molecule has 0 bridgehead atoms. The van der Waals surface area contributed by atoms with Crippen LogP contribution in [0.15, 0.2) is 29.7 Å². The summed E-state index contributed by atoms with van der Waals surface area (Å²) in [5.41, 5.74) is -0.334. The van der Waals surface area contributed by atoms with Gasteiger partial charge in [0.2, 0.25) is 0 Å². The third-order valence-corrected chi connectivity index (χ3v) is 2.77. The number of carbonyl (C=O) groups is 1. The van der Waals surface area contributed by atoms with Gasteiger partial charge in [0.25, 0.3) is 0 Å². The van der Waals surface area contributed by atoms with Crippen LogP contribution < -0.4 is 0 Å². The van der Waals surface area contributed by atoms with E-state index in [0.717, 1.165) is 18.5 Å². The summed E-state index contributed by atoms with van der Waals surface area (Å²) in [6, 6.07) is 4.14. The Hall–Kier alpha value is -3.80. The number of nitriles is 1. The number of carboxylic acids is 1. The number of rotatable bonds is 4. The number of allylic oxidation sites excluding steroid dienone is 1. The molecule has 2 aromatic rings. The van der Waals surface area contributed by atoms with E-state index in [1.165, 1.54) is 12.1 Å². The lowest BCUT2D eigenvalue weighted by molar-refractivity contribution is 0.0690. The van der Waals surface area contributed by atoms with Crippen molar-refractivity contribution in [1.82, 2.24) is 9.97 Å². The zero-order valence-electron chi connectivity index (χ0n) is 13.3. The Morgan fingerprint density at radius 3 is 2.28 bits per heavy atom. The van der Waals surface area contributed by atoms with E-state index >= 15 is 0 Å². The minimum absolute atomic E-state index is 0.0105. The van der Waals surface area contributed by atoms with Crippen molar-refractivity contribution in [3.8, 4) is 17.6 Å². The molecule has 1 heterocycles. The molecule has 0 fully saturated rings. The lowest BCUT2D eigenvalue weighted by atomic mass is 10.1. The fourth-order valence-corrected chi connectivity index (χ4v) is 1.69. The monoisotopic (exact) mass is 342 g/mol. The Kier molecular flexibility index (Phi) is 6.72. The molecule has 9 nitrogen and oxygen atoms in total. The van der Waals surface area contributed by atoms with Crippen molar-refractivity contribution in [3.05, 3.63) is 46.4 Å². The van der Waals surface area contributed by atoms with E-state index in [2.05, 4.69) is 15.1 Å². The Labute approximate surface area is 142 Å². The van der Waals surface area contributed by atoms with Gasteiger partial charge in [0.05, 0.1) is 23.7 Å². The van der Waals surface area contributed by atoms with Crippen LogP contribution in [0.2, 0.25) is 0 Å². The van der Waals surface area contributed by atoms with E-state index in [1.54, 1.807) is 0 Å². The average Bonchev–Trinajstić information content (AvgIpc) is 2.64. The van der Waals surface area contributed by atoms with Gasteiger partial charge in [0.1, 0.15) is 6.07 Å². The molecule has 0 spiro atoms. The molecule has 0 amide bonds. The molecule has 1 aromatic carbocycles. The van der Waals surface area contributed by atoms with Crippen LogP contribution in [0.25, 0.3) is 11.6 Å². The molecule has 128 valence electrons. The molecular weight excluding hydrogens is 328 g/mol. The zero-order chi connectivity index (χ0) is 19.0. The molecule has 1 aromatic heterocycles. The highest BCUT2D eigenvalue weighted by Gasteiger charge is 2.11. The predicted molar refractivity (Wildman–Crippen MR) is 89.0 cm³/mol. The summed E-state index contributed by atoms with van der Waals surface area (Å²) in [6.45, 7) is 4.00. The second-order valence-electron chi connectivity index (χ2n) is 4.26. The SMILES string of the molecule is CC.N#C/C(=C\c1cc(O)c(O)c(N=O)c1)c1cnc(C(=O)O)cn1. The average molecular weight is 342 g/mol. The van der Waals surface area contributed by atoms with Crippen molar-refractivity contribution in [2.24, 2.45) is 5.18 Å². The summed E-state index contributed by atoms with van der Waals surface area (Å²) in [4.78, 5) is 28.7. The molecule has 2 rings (SSSR count). The number of nitroso groups, excluding NO2 is 1. The van der Waals surface area contributed by atoms with Gasteiger partial charge in [0, 0.05) is 0 Å². The molecule has 0 saturated carbocycles. The van der Waals surface area contributed by atoms with Crippen molar-refractivity contribution < 1.29 is 20.1 Å². The number of hydrogen-bond donors (Lipinski definition) is 3. The Morgan fingerprint density at radius 2 is 1.80 bits per heavy atom. The van der Waals surface area contributed by atoms with E-state index in [9.17, 15) is 25.2 Å². The fourth-order valence-electron chi connectivity index (χ4n) is 1.69. The molecule has 9 heteroatoms. The molecule has 0 radical (unpaired) electrons. The van der Waals surface area contributed by atoms with Crippen LogP contribution >= 0.6 is 0 Å². The maximum absolute atomic E-state index is 10.7. The van der Waals surface area contributed by atoms with Crippen molar-refractivity contribution in [3.63, 3.8) is 0 Å². The number of hydrogen-bond acceptors (Lipinski definition) is 8. The lowest BCUT2D eigenvalue weighted by Gasteiger charge is -2.03. The smallest absolute Gasteiger partial charge is 0.356 e. The summed E-state index contributed by atoms with van der Waals surface area (Å²) in [6.07, 6.45) is 3.38. The minimum Gasteiger partial charge on any atom is -0.504 e. The largest absolute Gasteiger partial charge is 0.504 e. The first-order valence-electron chi connectivity index (χ1n) is 7.03. The van der Waals surface area contributed by atoms with E-state index in [4.69, 9.17) is 5.11 Å². The number of aromatic hydroxyl groups is 2. The van der Waals surface area contributed by atoms with Crippen LogP contribution in [0.1, 0.15) is 35.6 Å². The highest BCUT2D eigenvalue weighted by Crippen LogP contribution is 2.37. The Balaban J connectivity index is 0.00000151. The van der Waals surface area contributed by atoms with Crippen molar-refractivity contribution in [2.45, 2.75) is 13.8 Å². The van der Waals surface area contributed by atoms with Gasteiger partial charge in [-0.1, -0.05) is 13.8 Å². The fraction of sp³-hybridized carbons (Fsp3) is 0.125. The van der Waals surface area contributed by atoms with Crippen molar-refractivity contribution in [2.75, 3.05) is 0 Å². The number of benzene rings is 1. The molecule has 25 heavy (non-hydrogen) atoms. The van der Waals surface area contributed by atoms with Gasteiger partial charge in [-0.2, -0.15) is 5.26 Å². The van der Waals surface area contributed by atoms with Crippen LogP contribution in [0, 0.1) is 16.2 Å². The van der Waals surface area contributed by atoms with Gasteiger partial charge in [-0.05, 0) is 28.9 Å². The maximum Gasteiger partial charge on any atom is 0.356 e. The minimum atomic E-state index is -1.25. The Bertz CT molecular complexity index is 854. The molecule has 0 aliphatic carbocycles. The first-order valence-corrected chi connectivity index (χ1v) is 7.03. The molecule has 3 N–H and O–H groups in total. The second-order valence-corrected chi connectivity index (χ2v) is 4.26. The summed E-state index contributed by atoms with van der Waals surface area (Å²) >= 11 is 0. The van der Waals surface area contributed by atoms with Crippen LogP contribution in [-0.4, -0.2) is 31.3 Å². The van der Waals surface area contributed by atoms with Crippen LogP contribution in [0.5, 0.6) is 11.5 Å². The predicted octanol–water partition coefficient (Wildman–Crippen LogP) is 3.07. The van der Waals surface area contributed by atoms with E-state index in [-0.39, 0.29) is 28.2 Å². The standard InChI is InChI=1S/C14H8N4O5.C2H6/c15-4-8(10-5-17-11(6-16-10)14(21)22)1-7-2-9(18-23)13(20)12(19)3-7;1-2/h1-3,5-6,19-20H,(H,21,22);1-2H3/b8-1+;. The third-order valence-electron chi connectivity index (χ3n) is 2.77. The van der Waals surface area contributed by atoms with E-state index in [1.807, 2.05) is 19.9 Å². The number of aromatic nitrogens is 2. The van der Waals surface area contributed by atoms with Gasteiger partial charge >= 0.3 is 5.97 Å². The molecule has 0 aliphatic heterocycles. The molecule has 0 aliphatic rings. The van der Waals surface area contributed by atoms with Gasteiger partial charge in [-0.3, -0.25) is 4.98 Å². The van der Waals surface area contributed by atoms with Crippen LogP contribution in [0.3, 0.4) is 0 Å². The van der Waals surface area contributed by atoms with Crippen LogP contribution in [0.4, 0.5) is 5.69 Å². The lowest BCUT2D eigenvalue weighted by Crippen LogP contribution is -2.02. The number of carboxylic acid groups (broad SMARTS) is 1. The van der Waals surface area contributed by atoms with E-state index < -0.39 is 17.5 Å². The van der Waals surface area contributed by atoms with Crippen molar-refractivity contribution in [1.29, 1.82) is 5.26 Å². The normalized spacial score (nSPS) is 10.2. The molecule has 0 saturated heterocycles. The van der Waals surface area contributed by atoms with Gasteiger partial charge in [0.15, 0.2) is 22.9 Å².